The van der Waals surface area contributed by atoms with E-state index in [2.05, 4.69) is 56.7 Å². The van der Waals surface area contributed by atoms with E-state index in [-0.39, 0.29) is 26.7 Å². The van der Waals surface area contributed by atoms with Gasteiger partial charge in [0, 0.05) is 27.7 Å². The lowest BCUT2D eigenvalue weighted by Gasteiger charge is -2.15. The van der Waals surface area contributed by atoms with E-state index in [1.54, 1.807) is 12.2 Å². The number of carbonyl (C=O) groups is 1. The van der Waals surface area contributed by atoms with Crippen molar-refractivity contribution in [2.24, 2.45) is 5.41 Å². The standard InChI is InChI=1S/C26H34O4.C2H2.B/c1-26(2,21-12-6-9-16-22-14-7-5-8-15-22)20-11-4-3-10-17-23(27)24(28)18-13-19-25(29)30;1-2;/h3-5,7-8,10-11,14-15,17,20,23-24,27-28H,9,13,16,18-19,21H2,1-2H3,(H,29,30);1-2H;/b4-3+,17-10+,20-11-;;/t23-,24+;;/m1../s1. The Balaban J connectivity index is 0. The highest BCUT2D eigenvalue weighted by atomic mass is 16.4. The SMILES string of the molecule is C#C.CC(C)(\C=C/C=C/C=C/[C@@H](O)[C@@H](O)CCCC(=O)O)CC#CCCc1ccccc1.[B]. The van der Waals surface area contributed by atoms with Crippen LogP contribution >= 0.6 is 0 Å². The fraction of sp³-hybridized carbons (Fsp3) is 0.393. The average Bonchev–Trinajstić information content (AvgIpc) is 2.77. The summed E-state index contributed by atoms with van der Waals surface area (Å²) in [5, 5.41) is 28.2. The molecule has 0 fully saturated rings. The van der Waals surface area contributed by atoms with Gasteiger partial charge in [-0.05, 0) is 30.2 Å². The number of allylic oxidation sites excluding steroid dienone is 5. The molecule has 0 aliphatic heterocycles. The van der Waals surface area contributed by atoms with Crippen molar-refractivity contribution in [1.29, 1.82) is 0 Å². The molecule has 4 nitrogen and oxygen atoms in total. The zero-order valence-corrected chi connectivity index (χ0v) is 19.7. The minimum atomic E-state index is -1.00. The molecule has 0 amide bonds. The van der Waals surface area contributed by atoms with Crippen molar-refractivity contribution in [2.45, 2.75) is 64.6 Å². The second-order valence-electron chi connectivity index (χ2n) is 7.98. The molecule has 33 heavy (non-hydrogen) atoms. The Bertz CT molecular complexity index is 811. The Morgan fingerprint density at radius 2 is 1.70 bits per heavy atom. The summed E-state index contributed by atoms with van der Waals surface area (Å²) in [5.41, 5.74) is 1.27. The average molecular weight is 447 g/mol. The second kappa shape index (κ2) is 19.7. The number of aryl methyl sites for hydroxylation is 1. The Hall–Kier alpha value is -2.99. The van der Waals surface area contributed by atoms with E-state index in [9.17, 15) is 15.0 Å². The topological polar surface area (TPSA) is 77.8 Å². The van der Waals surface area contributed by atoms with E-state index < -0.39 is 18.2 Å². The van der Waals surface area contributed by atoms with Crippen LogP contribution in [0.4, 0.5) is 0 Å². The maximum atomic E-state index is 10.5. The molecule has 0 spiro atoms. The predicted molar refractivity (Wildman–Crippen MR) is 138 cm³/mol. The van der Waals surface area contributed by atoms with Crippen LogP contribution in [0.5, 0.6) is 0 Å². The predicted octanol–water partition coefficient (Wildman–Crippen LogP) is 4.55. The summed E-state index contributed by atoms with van der Waals surface area (Å²) < 4.78 is 0. The number of hydrogen-bond donors (Lipinski definition) is 3. The quantitative estimate of drug-likeness (QED) is 0.250. The first-order chi connectivity index (χ1) is 15.3. The van der Waals surface area contributed by atoms with Crippen LogP contribution in [-0.2, 0) is 11.2 Å². The Morgan fingerprint density at radius 1 is 1.06 bits per heavy atom. The molecule has 5 heteroatoms. The van der Waals surface area contributed by atoms with Crippen LogP contribution in [0.15, 0.2) is 66.8 Å². The van der Waals surface area contributed by atoms with E-state index >= 15 is 0 Å². The molecule has 0 saturated heterocycles. The first kappa shape index (κ1) is 32.2. The van der Waals surface area contributed by atoms with Crippen molar-refractivity contribution < 1.29 is 20.1 Å². The molecule has 0 unspecified atom stereocenters. The largest absolute Gasteiger partial charge is 0.481 e. The number of aliphatic hydroxyl groups excluding tert-OH is 2. The number of rotatable bonds is 12. The Labute approximate surface area is 201 Å². The molecule has 2 atom stereocenters. The van der Waals surface area contributed by atoms with Gasteiger partial charge in [0.1, 0.15) is 0 Å². The van der Waals surface area contributed by atoms with Crippen LogP contribution in [0.25, 0.3) is 0 Å². The van der Waals surface area contributed by atoms with E-state index in [0.29, 0.717) is 6.42 Å². The van der Waals surface area contributed by atoms with E-state index in [4.69, 9.17) is 5.11 Å². The molecule has 0 aromatic heterocycles. The van der Waals surface area contributed by atoms with Gasteiger partial charge in [-0.15, -0.1) is 24.7 Å². The van der Waals surface area contributed by atoms with Gasteiger partial charge in [-0.1, -0.05) is 80.6 Å². The Morgan fingerprint density at radius 3 is 2.33 bits per heavy atom. The third-order valence-electron chi connectivity index (χ3n) is 4.52. The molecule has 0 saturated carbocycles. The maximum absolute atomic E-state index is 10.5. The van der Waals surface area contributed by atoms with Crippen LogP contribution in [0.2, 0.25) is 0 Å². The fourth-order valence-corrected chi connectivity index (χ4v) is 2.67. The number of benzene rings is 1. The highest BCUT2D eigenvalue weighted by Crippen LogP contribution is 2.21. The minimum absolute atomic E-state index is 0. The molecule has 1 aromatic carbocycles. The van der Waals surface area contributed by atoms with Gasteiger partial charge >= 0.3 is 5.97 Å². The smallest absolute Gasteiger partial charge is 0.303 e. The third-order valence-corrected chi connectivity index (χ3v) is 4.52. The van der Waals surface area contributed by atoms with Gasteiger partial charge in [0.15, 0.2) is 0 Å². The molecule has 0 heterocycles. The molecular weight excluding hydrogens is 411 g/mol. The van der Waals surface area contributed by atoms with Crippen molar-refractivity contribution >= 4 is 14.4 Å². The first-order valence-corrected chi connectivity index (χ1v) is 10.7. The van der Waals surface area contributed by atoms with Crippen molar-refractivity contribution in [3.05, 3.63) is 72.4 Å². The van der Waals surface area contributed by atoms with Gasteiger partial charge in [-0.3, -0.25) is 4.79 Å². The Kier molecular flexibility index (Phi) is 19.2. The van der Waals surface area contributed by atoms with Crippen LogP contribution in [0, 0.1) is 30.1 Å². The highest BCUT2D eigenvalue weighted by molar-refractivity contribution is 5.75. The van der Waals surface area contributed by atoms with Gasteiger partial charge in [0.05, 0.1) is 12.2 Å². The summed E-state index contributed by atoms with van der Waals surface area (Å²) in [6, 6.07) is 10.4. The summed E-state index contributed by atoms with van der Waals surface area (Å²) in [4.78, 5) is 10.5. The van der Waals surface area contributed by atoms with Crippen LogP contribution in [0.3, 0.4) is 0 Å². The molecule has 3 N–H and O–H groups in total. The first-order valence-electron chi connectivity index (χ1n) is 10.7. The van der Waals surface area contributed by atoms with Crippen molar-refractivity contribution in [3.63, 3.8) is 0 Å². The summed E-state index contributed by atoms with van der Waals surface area (Å²) in [7, 11) is 0. The molecule has 3 radical (unpaired) electrons. The molecule has 175 valence electrons. The fourth-order valence-electron chi connectivity index (χ4n) is 2.67. The maximum Gasteiger partial charge on any atom is 0.303 e. The minimum Gasteiger partial charge on any atom is -0.481 e. The van der Waals surface area contributed by atoms with Gasteiger partial charge in [0.2, 0.25) is 0 Å². The zero-order chi connectivity index (χ0) is 24.2. The second-order valence-corrected chi connectivity index (χ2v) is 7.98. The van der Waals surface area contributed by atoms with Crippen molar-refractivity contribution in [1.82, 2.24) is 0 Å². The lowest BCUT2D eigenvalue weighted by Crippen LogP contribution is -2.23. The van der Waals surface area contributed by atoms with E-state index in [0.717, 1.165) is 19.3 Å². The zero-order valence-electron chi connectivity index (χ0n) is 19.7. The monoisotopic (exact) mass is 447 g/mol. The van der Waals surface area contributed by atoms with E-state index in [1.165, 1.54) is 11.6 Å². The van der Waals surface area contributed by atoms with Gasteiger partial charge in [-0.2, -0.15) is 0 Å². The molecular formula is C28H36BO4. The molecule has 1 aromatic rings. The van der Waals surface area contributed by atoms with Gasteiger partial charge in [0.25, 0.3) is 0 Å². The van der Waals surface area contributed by atoms with E-state index in [1.807, 2.05) is 30.4 Å². The number of terminal acetylenes is 1. The number of hydrogen-bond acceptors (Lipinski definition) is 3. The lowest BCUT2D eigenvalue weighted by atomic mass is 9.89. The molecule has 0 bridgehead atoms. The number of carboxylic acids is 1. The van der Waals surface area contributed by atoms with Crippen LogP contribution in [0.1, 0.15) is 51.5 Å². The molecule has 1 rings (SSSR count). The van der Waals surface area contributed by atoms with Crippen molar-refractivity contribution in [3.8, 4) is 24.7 Å². The normalized spacial score (nSPS) is 12.9. The summed E-state index contributed by atoms with van der Waals surface area (Å²) in [6.07, 6.45) is 20.1. The summed E-state index contributed by atoms with van der Waals surface area (Å²) >= 11 is 0. The van der Waals surface area contributed by atoms with Crippen molar-refractivity contribution in [2.75, 3.05) is 0 Å². The number of aliphatic carboxylic acids is 1. The summed E-state index contributed by atoms with van der Waals surface area (Å²) in [5.74, 6) is 5.61. The molecule has 0 aliphatic rings. The lowest BCUT2D eigenvalue weighted by molar-refractivity contribution is -0.137. The number of carboxylic acid groups (broad SMARTS) is 1. The van der Waals surface area contributed by atoms with Crippen LogP contribution in [-0.4, -0.2) is 41.9 Å². The van der Waals surface area contributed by atoms with Gasteiger partial charge in [-0.25, -0.2) is 0 Å². The number of aliphatic hydroxyl groups is 2. The third kappa shape index (κ3) is 18.3. The van der Waals surface area contributed by atoms with Gasteiger partial charge < -0.3 is 15.3 Å². The molecule has 0 aliphatic carbocycles. The summed E-state index contributed by atoms with van der Waals surface area (Å²) in [6.45, 7) is 4.27. The van der Waals surface area contributed by atoms with Crippen LogP contribution < -0.4 is 0 Å². The highest BCUT2D eigenvalue weighted by Gasteiger charge is 2.13.